The molecule has 0 atom stereocenters. The molecule has 66 valence electrons. The topological polar surface area (TPSA) is 0 Å². The van der Waals surface area contributed by atoms with E-state index in [9.17, 15) is 0 Å². The fourth-order valence-corrected chi connectivity index (χ4v) is 4.64. The molecule has 0 saturated heterocycles. The molecule has 0 aromatic carbocycles. The summed E-state index contributed by atoms with van der Waals surface area (Å²) in [4.78, 5) is 0. The maximum atomic E-state index is 2.43. The maximum Gasteiger partial charge on any atom is 0.251 e. The van der Waals surface area contributed by atoms with E-state index in [1.165, 1.54) is 12.8 Å². The molecule has 0 fully saturated rings. The van der Waals surface area contributed by atoms with Gasteiger partial charge in [-0.25, -0.2) is 0 Å². The normalized spacial score (nSPS) is 13.3. The van der Waals surface area contributed by atoms with Crippen molar-refractivity contribution in [3.63, 3.8) is 0 Å². The summed E-state index contributed by atoms with van der Waals surface area (Å²) in [6.45, 7) is 14.3. The van der Waals surface area contributed by atoms with Crippen LogP contribution in [0, 0.1) is 0 Å². The van der Waals surface area contributed by atoms with Crippen molar-refractivity contribution in [1.29, 1.82) is 0 Å². The van der Waals surface area contributed by atoms with E-state index in [2.05, 4.69) is 41.5 Å². The van der Waals surface area contributed by atoms with Crippen molar-refractivity contribution in [2.45, 2.75) is 62.9 Å². The van der Waals surface area contributed by atoms with Gasteiger partial charge in [0.15, 0.2) is 0 Å². The van der Waals surface area contributed by atoms with Gasteiger partial charge in [-0.05, 0) is 0 Å². The van der Waals surface area contributed by atoms with Crippen LogP contribution in [0.25, 0.3) is 0 Å². The molecule has 1 heteroatoms. The second-order valence-corrected chi connectivity index (χ2v) is 9.39. The van der Waals surface area contributed by atoms with Crippen LogP contribution in [0.5, 0.6) is 0 Å². The van der Waals surface area contributed by atoms with Crippen LogP contribution in [0.3, 0.4) is 0 Å². The van der Waals surface area contributed by atoms with Gasteiger partial charge < -0.3 is 0 Å². The van der Waals surface area contributed by atoms with E-state index in [0.717, 1.165) is 0 Å². The molecule has 0 rings (SSSR count). The predicted octanol–water partition coefficient (Wildman–Crippen LogP) is 3.64. The summed E-state index contributed by atoms with van der Waals surface area (Å²) in [7, 11) is 0. The van der Waals surface area contributed by atoms with Crippen molar-refractivity contribution in [1.82, 2.24) is 0 Å². The summed E-state index contributed by atoms with van der Waals surface area (Å²) in [6, 6.07) is 0. The van der Waals surface area contributed by atoms with E-state index in [0.29, 0.717) is 8.55 Å². The van der Waals surface area contributed by atoms with Crippen molar-refractivity contribution in [2.75, 3.05) is 0 Å². The van der Waals surface area contributed by atoms with Gasteiger partial charge in [0, 0.05) is 0 Å². The lowest BCUT2D eigenvalue weighted by Gasteiger charge is -2.31. The van der Waals surface area contributed by atoms with Crippen molar-refractivity contribution in [3.8, 4) is 0 Å². The Kier molecular flexibility index (Phi) is 4.16. The molecule has 0 bridgehead atoms. The second kappa shape index (κ2) is 3.97. The van der Waals surface area contributed by atoms with Crippen molar-refractivity contribution < 1.29 is 0 Å². The number of hydrogen-bond donors (Lipinski definition) is 0. The van der Waals surface area contributed by atoms with Crippen molar-refractivity contribution in [2.24, 2.45) is 0 Å². The highest BCUT2D eigenvalue weighted by atomic mass is 27.1. The van der Waals surface area contributed by atoms with Gasteiger partial charge in [-0.2, -0.15) is 0 Å². The van der Waals surface area contributed by atoms with E-state index >= 15 is 0 Å². The molecule has 0 aliphatic rings. The minimum absolute atomic E-state index is 0.0671. The second-order valence-electron chi connectivity index (χ2n) is 5.21. The van der Waals surface area contributed by atoms with Crippen LogP contribution in [0.2, 0.25) is 8.55 Å². The molecular formula is C10H23Al. The summed E-state index contributed by atoms with van der Waals surface area (Å²) < 4.78 is 1.33. The van der Waals surface area contributed by atoms with Gasteiger partial charge in [-0.3, -0.25) is 0 Å². The van der Waals surface area contributed by atoms with Crippen LogP contribution in [0.1, 0.15) is 54.4 Å². The highest BCUT2D eigenvalue weighted by molar-refractivity contribution is 6.43. The van der Waals surface area contributed by atoms with Crippen molar-refractivity contribution in [3.05, 3.63) is 0 Å². The van der Waals surface area contributed by atoms with Gasteiger partial charge in [0.05, 0.1) is 0 Å². The summed E-state index contributed by atoms with van der Waals surface area (Å²) in [6.07, 6.45) is 2.70. The van der Waals surface area contributed by atoms with E-state index in [-0.39, 0.29) is 15.2 Å². The molecule has 0 nitrogen and oxygen atoms in total. The summed E-state index contributed by atoms with van der Waals surface area (Å²) in [5.41, 5.74) is 0. The van der Waals surface area contributed by atoms with Gasteiger partial charge in [0.1, 0.15) is 0 Å². The van der Waals surface area contributed by atoms with Crippen LogP contribution >= 0.6 is 0 Å². The standard InChI is InChI=1S/2C5H11.Al.H/c2*1-4-5(2)3;;/h2*4H2,1-3H3;;. The van der Waals surface area contributed by atoms with E-state index in [4.69, 9.17) is 0 Å². The molecule has 0 unspecified atom stereocenters. The highest BCUT2D eigenvalue weighted by Crippen LogP contribution is 2.39. The van der Waals surface area contributed by atoms with Crippen molar-refractivity contribution >= 4 is 15.2 Å². The first-order chi connectivity index (χ1) is 4.83. The minimum atomic E-state index is 0.0671. The summed E-state index contributed by atoms with van der Waals surface area (Å²) in [5.74, 6) is 0. The quantitative estimate of drug-likeness (QED) is 0.565. The SMILES string of the molecule is CC[C](C)(C)[AlH][C](C)(C)CC. The van der Waals surface area contributed by atoms with E-state index < -0.39 is 0 Å². The summed E-state index contributed by atoms with van der Waals surface area (Å²) in [5, 5.41) is 0. The van der Waals surface area contributed by atoms with Gasteiger partial charge in [-0.15, -0.1) is 0 Å². The molecule has 0 spiro atoms. The number of rotatable bonds is 4. The smallest absolute Gasteiger partial charge is 0.0800 e. The van der Waals surface area contributed by atoms with Crippen LogP contribution in [-0.2, 0) is 0 Å². The fraction of sp³-hybridized carbons (Fsp3) is 1.00. The lowest BCUT2D eigenvalue weighted by Crippen LogP contribution is -2.22. The lowest BCUT2D eigenvalue weighted by atomic mass is 10.1. The van der Waals surface area contributed by atoms with Gasteiger partial charge >= 0.3 is 0 Å². The summed E-state index contributed by atoms with van der Waals surface area (Å²) >= 11 is 0.0671. The molecule has 0 aromatic heterocycles. The Labute approximate surface area is 78.5 Å². The average molecular weight is 170 g/mol. The molecular weight excluding hydrogens is 147 g/mol. The predicted molar refractivity (Wildman–Crippen MR) is 55.8 cm³/mol. The zero-order chi connectivity index (χ0) is 9.12. The number of hydrogen-bond acceptors (Lipinski definition) is 0. The largest absolute Gasteiger partial charge is 0.251 e. The van der Waals surface area contributed by atoms with Crippen LogP contribution in [0.15, 0.2) is 0 Å². The average Bonchev–Trinajstić information content (AvgIpc) is 1.86. The molecule has 0 amide bonds. The zero-order valence-electron chi connectivity index (χ0n) is 9.12. The minimum Gasteiger partial charge on any atom is -0.0800 e. The Bertz CT molecular complexity index is 100. The van der Waals surface area contributed by atoms with Gasteiger partial charge in [0.25, 0.3) is 15.2 Å². The van der Waals surface area contributed by atoms with E-state index in [1.54, 1.807) is 0 Å². The molecule has 0 aromatic rings. The molecule has 0 N–H and O–H groups in total. The zero-order valence-corrected chi connectivity index (χ0v) is 10.5. The molecule has 0 heterocycles. The Morgan fingerprint density at radius 1 is 0.818 bits per heavy atom. The van der Waals surface area contributed by atoms with Crippen LogP contribution < -0.4 is 0 Å². The Balaban J connectivity index is 4.02. The van der Waals surface area contributed by atoms with E-state index in [1.807, 2.05) is 0 Å². The van der Waals surface area contributed by atoms with Crippen LogP contribution in [-0.4, -0.2) is 15.2 Å². The third-order valence-corrected chi connectivity index (χ3v) is 5.79. The maximum absolute atomic E-state index is 2.43. The van der Waals surface area contributed by atoms with Gasteiger partial charge in [-0.1, -0.05) is 62.9 Å². The first-order valence-electron chi connectivity index (χ1n) is 4.83. The first-order valence-corrected chi connectivity index (χ1v) is 6.24. The molecule has 0 radical (unpaired) electrons. The molecule has 0 aliphatic heterocycles. The highest BCUT2D eigenvalue weighted by Gasteiger charge is 2.28. The monoisotopic (exact) mass is 170 g/mol. The third kappa shape index (κ3) is 4.88. The third-order valence-electron chi connectivity index (χ3n) is 2.87. The van der Waals surface area contributed by atoms with Gasteiger partial charge in [0.2, 0.25) is 0 Å². The first kappa shape index (κ1) is 11.5. The van der Waals surface area contributed by atoms with Crippen LogP contribution in [0.4, 0.5) is 0 Å². The fourth-order valence-electron chi connectivity index (χ4n) is 1.55. The molecule has 11 heavy (non-hydrogen) atoms. The lowest BCUT2D eigenvalue weighted by molar-refractivity contribution is 0.570. The molecule has 0 saturated carbocycles. The Hall–Kier alpha value is 0.532. The Morgan fingerprint density at radius 2 is 1.09 bits per heavy atom. The Morgan fingerprint density at radius 3 is 1.27 bits per heavy atom. The molecule has 0 aliphatic carbocycles.